The van der Waals surface area contributed by atoms with Crippen LogP contribution < -0.4 is 5.32 Å². The van der Waals surface area contributed by atoms with Gasteiger partial charge >= 0.3 is 0 Å². The smallest absolute Gasteiger partial charge is 0.0557 e. The molecule has 1 saturated heterocycles. The van der Waals surface area contributed by atoms with Crippen molar-refractivity contribution in [1.82, 2.24) is 5.32 Å². The maximum atomic E-state index is 5.45. The number of unbranched alkanes of at least 4 members (excludes halogenated alkanes) is 1. The summed E-state index contributed by atoms with van der Waals surface area (Å²) in [6.45, 7) is 18.0. The van der Waals surface area contributed by atoms with Crippen molar-refractivity contribution in [2.75, 3.05) is 13.2 Å². The average Bonchev–Trinajstić information content (AvgIpc) is 2.16. The molecular weight excluding hydrogens is 234 g/mol. The largest absolute Gasteiger partial charge is 0.380 e. The third-order valence-electron chi connectivity index (χ3n) is 3.98. The molecule has 0 bridgehead atoms. The SMILES string of the molecule is CC(C)(C)CCCCC(NC(C)(C)C)C1(C)COC1. The molecule has 1 aliphatic heterocycles. The van der Waals surface area contributed by atoms with E-state index in [0.717, 1.165) is 13.2 Å². The molecule has 0 saturated carbocycles. The first-order valence-corrected chi connectivity index (χ1v) is 7.87. The van der Waals surface area contributed by atoms with Gasteiger partial charge in [-0.15, -0.1) is 0 Å². The van der Waals surface area contributed by atoms with Crippen molar-refractivity contribution in [3.8, 4) is 0 Å². The Kier molecular flexibility index (Phi) is 5.48. The Morgan fingerprint density at radius 3 is 2.00 bits per heavy atom. The topological polar surface area (TPSA) is 21.3 Å². The summed E-state index contributed by atoms with van der Waals surface area (Å²) in [4.78, 5) is 0. The summed E-state index contributed by atoms with van der Waals surface area (Å²) in [5.74, 6) is 0. The van der Waals surface area contributed by atoms with Gasteiger partial charge in [-0.25, -0.2) is 0 Å². The van der Waals surface area contributed by atoms with Crippen LogP contribution in [0.2, 0.25) is 0 Å². The minimum atomic E-state index is 0.188. The maximum Gasteiger partial charge on any atom is 0.0557 e. The maximum absolute atomic E-state index is 5.45. The molecule has 2 nitrogen and oxygen atoms in total. The van der Waals surface area contributed by atoms with Crippen LogP contribution in [-0.2, 0) is 4.74 Å². The molecule has 0 spiro atoms. The molecule has 2 heteroatoms. The summed E-state index contributed by atoms with van der Waals surface area (Å²) in [7, 11) is 0. The number of ether oxygens (including phenoxy) is 1. The second-order valence-electron chi connectivity index (χ2n) is 8.90. The van der Waals surface area contributed by atoms with Crippen LogP contribution in [0.15, 0.2) is 0 Å². The fourth-order valence-corrected chi connectivity index (χ4v) is 2.75. The quantitative estimate of drug-likeness (QED) is 0.722. The molecule has 0 radical (unpaired) electrons. The van der Waals surface area contributed by atoms with E-state index < -0.39 is 0 Å². The third kappa shape index (κ3) is 6.27. The molecule has 0 aromatic carbocycles. The van der Waals surface area contributed by atoms with E-state index in [0.29, 0.717) is 16.9 Å². The van der Waals surface area contributed by atoms with E-state index in [1.54, 1.807) is 0 Å². The molecule has 1 unspecified atom stereocenters. The van der Waals surface area contributed by atoms with Crippen LogP contribution in [0.1, 0.15) is 74.1 Å². The van der Waals surface area contributed by atoms with Crippen LogP contribution in [0.5, 0.6) is 0 Å². The normalized spacial score (nSPS) is 21.0. The van der Waals surface area contributed by atoms with Gasteiger partial charge in [0.15, 0.2) is 0 Å². The summed E-state index contributed by atoms with van der Waals surface area (Å²) in [5.41, 5.74) is 0.999. The van der Waals surface area contributed by atoms with Gasteiger partial charge in [0, 0.05) is 17.0 Å². The van der Waals surface area contributed by atoms with Gasteiger partial charge in [0.2, 0.25) is 0 Å². The van der Waals surface area contributed by atoms with Crippen molar-refractivity contribution in [2.24, 2.45) is 10.8 Å². The zero-order chi connectivity index (χ0) is 14.7. The van der Waals surface area contributed by atoms with E-state index in [4.69, 9.17) is 4.74 Å². The minimum Gasteiger partial charge on any atom is -0.380 e. The predicted molar refractivity (Wildman–Crippen MR) is 83.5 cm³/mol. The second-order valence-corrected chi connectivity index (χ2v) is 8.90. The van der Waals surface area contributed by atoms with E-state index in [1.807, 2.05) is 0 Å². The number of nitrogens with one attached hydrogen (secondary N) is 1. The molecule has 114 valence electrons. The van der Waals surface area contributed by atoms with Crippen LogP contribution in [0.3, 0.4) is 0 Å². The third-order valence-corrected chi connectivity index (χ3v) is 3.98. The fraction of sp³-hybridized carbons (Fsp3) is 1.00. The molecule has 0 aromatic rings. The van der Waals surface area contributed by atoms with E-state index >= 15 is 0 Å². The molecule has 1 N–H and O–H groups in total. The zero-order valence-corrected chi connectivity index (χ0v) is 14.2. The van der Waals surface area contributed by atoms with Crippen LogP contribution >= 0.6 is 0 Å². The molecule has 0 aliphatic carbocycles. The van der Waals surface area contributed by atoms with E-state index in [2.05, 4.69) is 53.8 Å². The van der Waals surface area contributed by atoms with Gasteiger partial charge in [-0.2, -0.15) is 0 Å². The average molecular weight is 269 g/mol. The Labute approximate surface area is 120 Å². The van der Waals surface area contributed by atoms with Crippen molar-refractivity contribution in [1.29, 1.82) is 0 Å². The molecule has 0 aromatic heterocycles. The van der Waals surface area contributed by atoms with Gasteiger partial charge in [0.25, 0.3) is 0 Å². The molecule has 0 amide bonds. The van der Waals surface area contributed by atoms with Crippen molar-refractivity contribution >= 4 is 0 Å². The van der Waals surface area contributed by atoms with Crippen LogP contribution in [0.25, 0.3) is 0 Å². The van der Waals surface area contributed by atoms with Crippen molar-refractivity contribution in [3.05, 3.63) is 0 Å². The highest BCUT2D eigenvalue weighted by Crippen LogP contribution is 2.34. The lowest BCUT2D eigenvalue weighted by atomic mass is 9.76. The Bertz CT molecular complexity index is 268. The highest BCUT2D eigenvalue weighted by Gasteiger charge is 2.42. The summed E-state index contributed by atoms with van der Waals surface area (Å²) in [6, 6.07) is 0.584. The Balaban J connectivity index is 2.42. The van der Waals surface area contributed by atoms with E-state index in [-0.39, 0.29) is 5.54 Å². The Morgan fingerprint density at radius 2 is 1.63 bits per heavy atom. The summed E-state index contributed by atoms with van der Waals surface area (Å²) < 4.78 is 5.45. The molecule has 1 atom stereocenters. The second kappa shape index (κ2) is 6.13. The zero-order valence-electron chi connectivity index (χ0n) is 14.2. The Hall–Kier alpha value is -0.0800. The van der Waals surface area contributed by atoms with Gasteiger partial charge in [0.1, 0.15) is 0 Å². The van der Waals surface area contributed by atoms with E-state index in [1.165, 1.54) is 25.7 Å². The first-order valence-electron chi connectivity index (χ1n) is 7.87. The monoisotopic (exact) mass is 269 g/mol. The first kappa shape index (κ1) is 17.0. The molecule has 1 rings (SSSR count). The van der Waals surface area contributed by atoms with Gasteiger partial charge in [-0.3, -0.25) is 0 Å². The molecule has 1 fully saturated rings. The lowest BCUT2D eigenvalue weighted by Gasteiger charge is -2.47. The number of hydrogen-bond acceptors (Lipinski definition) is 2. The fourth-order valence-electron chi connectivity index (χ4n) is 2.75. The van der Waals surface area contributed by atoms with Gasteiger partial charge < -0.3 is 10.1 Å². The summed E-state index contributed by atoms with van der Waals surface area (Å²) in [6.07, 6.45) is 5.25. The molecule has 19 heavy (non-hydrogen) atoms. The number of hydrogen-bond donors (Lipinski definition) is 1. The minimum absolute atomic E-state index is 0.188. The lowest BCUT2D eigenvalue weighted by molar-refractivity contribution is -0.125. The van der Waals surface area contributed by atoms with Crippen molar-refractivity contribution in [3.63, 3.8) is 0 Å². The predicted octanol–water partition coefficient (Wildman–Crippen LogP) is 4.39. The van der Waals surface area contributed by atoms with Crippen LogP contribution in [0, 0.1) is 10.8 Å². The molecule has 1 heterocycles. The van der Waals surface area contributed by atoms with Crippen LogP contribution in [0.4, 0.5) is 0 Å². The highest BCUT2D eigenvalue weighted by molar-refractivity contribution is 4.95. The number of rotatable bonds is 6. The standard InChI is InChI=1S/C17H35NO/c1-15(2,3)11-9-8-10-14(18-16(4,5)6)17(7)12-19-13-17/h14,18H,8-13H2,1-7H3. The molecule has 1 aliphatic rings. The summed E-state index contributed by atoms with van der Waals surface area (Å²) >= 11 is 0. The van der Waals surface area contributed by atoms with E-state index in [9.17, 15) is 0 Å². The van der Waals surface area contributed by atoms with Gasteiger partial charge in [-0.05, 0) is 39.0 Å². The van der Waals surface area contributed by atoms with Gasteiger partial charge in [0.05, 0.1) is 13.2 Å². The highest BCUT2D eigenvalue weighted by atomic mass is 16.5. The lowest BCUT2D eigenvalue weighted by Crippen LogP contribution is -2.59. The first-order chi connectivity index (χ1) is 8.52. The van der Waals surface area contributed by atoms with Gasteiger partial charge in [-0.1, -0.05) is 40.5 Å². The molecular formula is C17H35NO. The summed E-state index contributed by atoms with van der Waals surface area (Å²) in [5, 5.41) is 3.82. The van der Waals surface area contributed by atoms with Crippen LogP contribution in [-0.4, -0.2) is 24.8 Å². The Morgan fingerprint density at radius 1 is 1.05 bits per heavy atom. The van der Waals surface area contributed by atoms with Crippen molar-refractivity contribution in [2.45, 2.75) is 85.7 Å². The van der Waals surface area contributed by atoms with Crippen molar-refractivity contribution < 1.29 is 4.74 Å².